The van der Waals surface area contributed by atoms with Crippen molar-refractivity contribution in [3.05, 3.63) is 47.7 Å². The van der Waals surface area contributed by atoms with Crippen molar-refractivity contribution in [3.63, 3.8) is 0 Å². The number of rotatable bonds is 2. The van der Waals surface area contributed by atoms with Gasteiger partial charge in [-0.1, -0.05) is 0 Å². The maximum Gasteiger partial charge on any atom is 0.322 e. The highest BCUT2D eigenvalue weighted by Crippen LogP contribution is 2.27. The first-order valence-electron chi connectivity index (χ1n) is 8.19. The van der Waals surface area contributed by atoms with E-state index in [0.29, 0.717) is 36.9 Å². The van der Waals surface area contributed by atoms with Gasteiger partial charge in [0, 0.05) is 25.2 Å². The zero-order valence-corrected chi connectivity index (χ0v) is 14.1. The maximum absolute atomic E-state index is 12.8. The summed E-state index contributed by atoms with van der Waals surface area (Å²) in [6, 6.07) is 8.76. The topological polar surface area (TPSA) is 80.7 Å². The van der Waals surface area contributed by atoms with Crippen LogP contribution in [0, 0.1) is 13.8 Å². The number of aromatic nitrogens is 1. The van der Waals surface area contributed by atoms with Crippen molar-refractivity contribution >= 4 is 22.8 Å². The lowest BCUT2D eigenvalue weighted by molar-refractivity contribution is 0.00710. The van der Waals surface area contributed by atoms with Gasteiger partial charge in [-0.05, 0) is 31.2 Å². The summed E-state index contributed by atoms with van der Waals surface area (Å²) in [6.45, 7) is 5.10. The van der Waals surface area contributed by atoms with Gasteiger partial charge in [-0.2, -0.15) is 0 Å². The molecule has 0 spiro atoms. The van der Waals surface area contributed by atoms with E-state index in [1.165, 1.54) is 0 Å². The van der Waals surface area contributed by atoms with E-state index < -0.39 is 0 Å². The zero-order valence-electron chi connectivity index (χ0n) is 14.1. The summed E-state index contributed by atoms with van der Waals surface area (Å²) in [5.74, 6) is 2.14. The lowest BCUT2D eigenvalue weighted by Crippen LogP contribution is -2.45. The van der Waals surface area contributed by atoms with Crippen LogP contribution in [0.3, 0.4) is 0 Å². The number of anilines is 1. The summed E-state index contributed by atoms with van der Waals surface area (Å²) in [4.78, 5) is 18.8. The van der Waals surface area contributed by atoms with Crippen LogP contribution in [-0.4, -0.2) is 35.7 Å². The van der Waals surface area contributed by atoms with Crippen LogP contribution in [0.5, 0.6) is 0 Å². The number of aryl methyl sites for hydroxylation is 2. The van der Waals surface area contributed by atoms with Crippen LogP contribution in [0.25, 0.3) is 11.1 Å². The van der Waals surface area contributed by atoms with E-state index in [4.69, 9.17) is 13.6 Å². The minimum atomic E-state index is -0.237. The Kier molecular flexibility index (Phi) is 3.93. The predicted octanol–water partition coefficient (Wildman–Crippen LogP) is 3.64. The van der Waals surface area contributed by atoms with Gasteiger partial charge in [-0.3, -0.25) is 0 Å². The second-order valence-corrected chi connectivity index (χ2v) is 6.08. The van der Waals surface area contributed by atoms with Crippen molar-refractivity contribution in [3.8, 4) is 0 Å². The minimum Gasteiger partial charge on any atom is -0.464 e. The Hall–Kier alpha value is -2.80. The number of ether oxygens (including phenoxy) is 1. The molecule has 1 atom stereocenters. The van der Waals surface area contributed by atoms with Gasteiger partial charge < -0.3 is 23.8 Å². The van der Waals surface area contributed by atoms with Crippen LogP contribution in [0.2, 0.25) is 0 Å². The summed E-state index contributed by atoms with van der Waals surface area (Å²) in [6.07, 6.45) is 0. The normalized spacial score (nSPS) is 17.8. The molecule has 1 saturated heterocycles. The molecular formula is C18H19N3O4. The molecule has 25 heavy (non-hydrogen) atoms. The number of morpholine rings is 1. The minimum absolute atomic E-state index is 0.196. The molecule has 1 fully saturated rings. The number of hydrogen-bond donors (Lipinski definition) is 1. The third kappa shape index (κ3) is 3.10. The van der Waals surface area contributed by atoms with Gasteiger partial charge in [0.25, 0.3) is 0 Å². The molecule has 1 aromatic carbocycles. The summed E-state index contributed by atoms with van der Waals surface area (Å²) in [5, 5.41) is 2.92. The number of nitrogens with zero attached hydrogens (tertiary/aromatic N) is 2. The van der Waals surface area contributed by atoms with Gasteiger partial charge in [-0.15, -0.1) is 0 Å². The molecule has 130 valence electrons. The van der Waals surface area contributed by atoms with Gasteiger partial charge >= 0.3 is 6.03 Å². The molecule has 4 rings (SSSR count). The molecule has 0 bridgehead atoms. The van der Waals surface area contributed by atoms with Crippen LogP contribution in [0.4, 0.5) is 10.5 Å². The summed E-state index contributed by atoms with van der Waals surface area (Å²) in [7, 11) is 0. The molecule has 0 aliphatic carbocycles. The van der Waals surface area contributed by atoms with Crippen molar-refractivity contribution in [1.29, 1.82) is 0 Å². The molecule has 2 aromatic heterocycles. The Morgan fingerprint density at radius 1 is 1.24 bits per heavy atom. The smallest absolute Gasteiger partial charge is 0.322 e. The Balaban J connectivity index is 1.55. The van der Waals surface area contributed by atoms with E-state index in [-0.39, 0.29) is 12.1 Å². The zero-order chi connectivity index (χ0) is 17.4. The van der Waals surface area contributed by atoms with E-state index in [1.807, 2.05) is 31.2 Å². The third-order valence-electron chi connectivity index (χ3n) is 4.23. The van der Waals surface area contributed by atoms with E-state index in [1.54, 1.807) is 17.9 Å². The average molecular weight is 341 g/mol. The second kappa shape index (κ2) is 6.25. The van der Waals surface area contributed by atoms with E-state index >= 15 is 0 Å². The number of urea groups is 1. The van der Waals surface area contributed by atoms with E-state index in [9.17, 15) is 4.79 Å². The molecule has 7 nitrogen and oxygen atoms in total. The first-order chi connectivity index (χ1) is 12.1. The highest BCUT2D eigenvalue weighted by molar-refractivity contribution is 5.91. The number of furan rings is 1. The second-order valence-electron chi connectivity index (χ2n) is 6.08. The van der Waals surface area contributed by atoms with Gasteiger partial charge in [-0.25, -0.2) is 9.78 Å². The number of carbonyl (C=O) groups is 1. The number of carbonyl (C=O) groups excluding carboxylic acids is 1. The number of hydrogen-bond acceptors (Lipinski definition) is 5. The van der Waals surface area contributed by atoms with Crippen molar-refractivity contribution in [2.45, 2.75) is 19.9 Å². The SMILES string of the molecule is Cc1ccc(C2COCCN2C(=O)Nc2ccc3nc(C)oc3c2)o1. The fourth-order valence-corrected chi connectivity index (χ4v) is 3.03. The number of benzene rings is 1. The van der Waals surface area contributed by atoms with Crippen molar-refractivity contribution in [2.24, 2.45) is 0 Å². The Bertz CT molecular complexity index is 914. The number of oxazole rings is 1. The molecular weight excluding hydrogens is 322 g/mol. The lowest BCUT2D eigenvalue weighted by Gasteiger charge is -2.34. The fraction of sp³-hybridized carbons (Fsp3) is 0.333. The van der Waals surface area contributed by atoms with Gasteiger partial charge in [0.2, 0.25) is 0 Å². The number of nitrogens with one attached hydrogen (secondary N) is 1. The van der Waals surface area contributed by atoms with Crippen molar-refractivity contribution in [2.75, 3.05) is 25.1 Å². The largest absolute Gasteiger partial charge is 0.464 e. The highest BCUT2D eigenvalue weighted by Gasteiger charge is 2.31. The molecule has 1 N–H and O–H groups in total. The van der Waals surface area contributed by atoms with Gasteiger partial charge in [0.05, 0.1) is 13.2 Å². The Morgan fingerprint density at radius 3 is 2.92 bits per heavy atom. The van der Waals surface area contributed by atoms with Gasteiger partial charge in [0.15, 0.2) is 11.5 Å². The molecule has 1 aliphatic rings. The third-order valence-corrected chi connectivity index (χ3v) is 4.23. The predicted molar refractivity (Wildman–Crippen MR) is 91.5 cm³/mol. The standard InChI is InChI=1S/C18H19N3O4/c1-11-3-6-16(24-11)15-10-23-8-7-21(15)18(22)20-13-4-5-14-17(9-13)25-12(2)19-14/h3-6,9,15H,7-8,10H2,1-2H3,(H,20,22). The quantitative estimate of drug-likeness (QED) is 0.769. The molecule has 7 heteroatoms. The van der Waals surface area contributed by atoms with E-state index in [0.717, 1.165) is 17.0 Å². The molecule has 1 unspecified atom stereocenters. The Morgan fingerprint density at radius 2 is 2.12 bits per heavy atom. The average Bonchev–Trinajstić information content (AvgIpc) is 3.19. The van der Waals surface area contributed by atoms with Crippen molar-refractivity contribution < 1.29 is 18.4 Å². The molecule has 1 aliphatic heterocycles. The lowest BCUT2D eigenvalue weighted by atomic mass is 10.2. The Labute approximate surface area is 144 Å². The van der Waals surface area contributed by atoms with Crippen molar-refractivity contribution in [1.82, 2.24) is 9.88 Å². The molecule has 3 aromatic rings. The first-order valence-corrected chi connectivity index (χ1v) is 8.19. The number of fused-ring (bicyclic) bond motifs is 1. The molecule has 3 heterocycles. The highest BCUT2D eigenvalue weighted by atomic mass is 16.5. The number of amides is 2. The van der Waals surface area contributed by atoms with Crippen LogP contribution >= 0.6 is 0 Å². The molecule has 0 saturated carbocycles. The van der Waals surface area contributed by atoms with Crippen LogP contribution in [-0.2, 0) is 4.74 Å². The summed E-state index contributed by atoms with van der Waals surface area (Å²) >= 11 is 0. The maximum atomic E-state index is 12.8. The molecule has 2 amide bonds. The monoisotopic (exact) mass is 341 g/mol. The van der Waals surface area contributed by atoms with Crippen LogP contribution in [0.1, 0.15) is 23.5 Å². The van der Waals surface area contributed by atoms with Gasteiger partial charge in [0.1, 0.15) is 23.1 Å². The summed E-state index contributed by atoms with van der Waals surface area (Å²) < 4.78 is 16.7. The van der Waals surface area contributed by atoms with Crippen LogP contribution < -0.4 is 5.32 Å². The molecule has 0 radical (unpaired) electrons. The summed E-state index contributed by atoms with van der Waals surface area (Å²) in [5.41, 5.74) is 2.08. The fourth-order valence-electron chi connectivity index (χ4n) is 3.03. The van der Waals surface area contributed by atoms with Crippen LogP contribution in [0.15, 0.2) is 39.2 Å². The van der Waals surface area contributed by atoms with E-state index in [2.05, 4.69) is 10.3 Å². The first kappa shape index (κ1) is 15.7.